The monoisotopic (exact) mass is 517 g/mol. The van der Waals surface area contributed by atoms with Gasteiger partial charge in [0.15, 0.2) is 5.78 Å². The van der Waals surface area contributed by atoms with E-state index in [0.717, 1.165) is 62.4 Å². The highest BCUT2D eigenvalue weighted by Crippen LogP contribution is 2.38. The van der Waals surface area contributed by atoms with E-state index < -0.39 is 0 Å². The Labute approximate surface area is 227 Å². The van der Waals surface area contributed by atoms with Crippen molar-refractivity contribution in [3.63, 3.8) is 0 Å². The molecule has 6 nitrogen and oxygen atoms in total. The molecular weight excluding hydrogens is 474 g/mol. The van der Waals surface area contributed by atoms with E-state index in [1.165, 1.54) is 70.1 Å². The zero-order chi connectivity index (χ0) is 25.7. The Hall–Kier alpha value is -2.44. The van der Waals surface area contributed by atoms with Crippen molar-refractivity contribution in [3.8, 4) is 5.75 Å². The molecule has 0 N–H and O–H groups in total. The van der Waals surface area contributed by atoms with Crippen LogP contribution >= 0.6 is 0 Å². The molecule has 0 atom stereocenters. The number of nitrogens with zero attached hydrogens (tertiary/aromatic N) is 3. The fourth-order valence-corrected chi connectivity index (χ4v) is 7.10. The first-order chi connectivity index (χ1) is 18.7. The third-order valence-electron chi connectivity index (χ3n) is 9.51. The molecule has 0 spiro atoms. The van der Waals surface area contributed by atoms with Gasteiger partial charge in [0.2, 0.25) is 0 Å². The summed E-state index contributed by atoms with van der Waals surface area (Å²) in [5.41, 5.74) is 3.79. The van der Waals surface area contributed by atoms with Crippen LogP contribution < -0.4 is 9.64 Å². The summed E-state index contributed by atoms with van der Waals surface area (Å²) in [6.45, 7) is 7.75. The van der Waals surface area contributed by atoms with Crippen molar-refractivity contribution in [2.45, 2.75) is 63.7 Å². The molecule has 1 aromatic heterocycles. The maximum Gasteiger partial charge on any atom is 0.164 e. The zero-order valence-electron chi connectivity index (χ0n) is 22.8. The first kappa shape index (κ1) is 25.8. The molecule has 0 unspecified atom stereocenters. The quantitative estimate of drug-likeness (QED) is 0.431. The topological polar surface area (TPSA) is 54.9 Å². The first-order valence-corrected chi connectivity index (χ1v) is 15.0. The maximum absolute atomic E-state index is 12.9. The van der Waals surface area contributed by atoms with Gasteiger partial charge >= 0.3 is 0 Å². The summed E-state index contributed by atoms with van der Waals surface area (Å²) in [6, 6.07) is 10.6. The lowest BCUT2D eigenvalue weighted by Gasteiger charge is -2.35. The Kier molecular flexibility index (Phi) is 8.27. The maximum atomic E-state index is 12.9. The molecule has 2 aromatic rings. The van der Waals surface area contributed by atoms with Gasteiger partial charge in [-0.1, -0.05) is 25.0 Å². The molecule has 0 bridgehead atoms. The van der Waals surface area contributed by atoms with E-state index in [2.05, 4.69) is 33.0 Å². The number of aromatic nitrogens is 1. The second-order valence-electron chi connectivity index (χ2n) is 11.8. The Bertz CT molecular complexity index is 1070. The van der Waals surface area contributed by atoms with E-state index in [1.807, 2.05) is 12.1 Å². The smallest absolute Gasteiger partial charge is 0.164 e. The molecule has 6 heteroatoms. The van der Waals surface area contributed by atoms with Crippen molar-refractivity contribution in [1.82, 2.24) is 9.88 Å². The van der Waals surface area contributed by atoms with E-state index >= 15 is 0 Å². The Balaban J connectivity index is 0.898. The average Bonchev–Trinajstić information content (AvgIpc) is 3.47. The van der Waals surface area contributed by atoms with Gasteiger partial charge in [-0.25, -0.2) is 4.98 Å². The average molecular weight is 518 g/mol. The summed E-state index contributed by atoms with van der Waals surface area (Å²) in [6.07, 6.45) is 12.3. The van der Waals surface area contributed by atoms with Gasteiger partial charge in [-0.15, -0.1) is 0 Å². The molecule has 4 aliphatic rings. The third kappa shape index (κ3) is 6.07. The number of piperidine rings is 1. The summed E-state index contributed by atoms with van der Waals surface area (Å²) >= 11 is 0. The van der Waals surface area contributed by atoms with Gasteiger partial charge in [0.05, 0.1) is 19.8 Å². The van der Waals surface area contributed by atoms with Gasteiger partial charge in [-0.3, -0.25) is 4.79 Å². The van der Waals surface area contributed by atoms with E-state index in [9.17, 15) is 4.79 Å². The number of likely N-dealkylation sites (tertiary alicyclic amines) is 1. The van der Waals surface area contributed by atoms with Crippen LogP contribution in [-0.4, -0.2) is 68.2 Å². The van der Waals surface area contributed by atoms with Crippen LogP contribution in [0.4, 0.5) is 5.82 Å². The fraction of sp³-hybridized carbons (Fsp3) is 0.625. The number of carbonyl (C=O) groups excluding carboxylic acids is 1. The number of benzene rings is 1. The number of hydrogen-bond acceptors (Lipinski definition) is 6. The standard InChI is InChI=1S/C32H43N3O3/c36-30(27-8-9-32(33-23-27)35-17-20-37-21-18-35)22-25-6-4-24(5-7-25)10-14-34-15-11-26(12-16-34)28-2-1-3-31-29(28)13-19-38-31/h1-3,8-9,23-26H,4-7,10-22H2. The van der Waals surface area contributed by atoms with Gasteiger partial charge in [0.1, 0.15) is 11.6 Å². The van der Waals surface area contributed by atoms with Gasteiger partial charge in [0.25, 0.3) is 0 Å². The first-order valence-electron chi connectivity index (χ1n) is 15.0. The van der Waals surface area contributed by atoms with Crippen LogP contribution in [0.5, 0.6) is 5.75 Å². The lowest BCUT2D eigenvalue weighted by molar-refractivity contribution is 0.0938. The largest absolute Gasteiger partial charge is 0.493 e. The molecule has 3 aliphatic heterocycles. The van der Waals surface area contributed by atoms with Crippen molar-refractivity contribution < 1.29 is 14.3 Å². The Morgan fingerprint density at radius 2 is 1.68 bits per heavy atom. The van der Waals surface area contributed by atoms with E-state index in [0.29, 0.717) is 18.3 Å². The molecule has 3 fully saturated rings. The number of anilines is 1. The number of ether oxygens (including phenoxy) is 2. The highest BCUT2D eigenvalue weighted by molar-refractivity contribution is 5.96. The SMILES string of the molecule is O=C(CC1CCC(CCN2CCC(c3cccc4c3CCO4)CC2)CC1)c1ccc(N2CCOCC2)nc1. The van der Waals surface area contributed by atoms with Crippen molar-refractivity contribution in [1.29, 1.82) is 0 Å². The van der Waals surface area contributed by atoms with E-state index in [4.69, 9.17) is 9.47 Å². The predicted octanol–water partition coefficient (Wildman–Crippen LogP) is 5.50. The van der Waals surface area contributed by atoms with Crippen LogP contribution in [0.15, 0.2) is 36.5 Å². The molecule has 0 amide bonds. The number of fused-ring (bicyclic) bond motifs is 1. The molecule has 2 saturated heterocycles. The molecule has 1 aromatic carbocycles. The van der Waals surface area contributed by atoms with E-state index in [1.54, 1.807) is 11.8 Å². The number of rotatable bonds is 8. The van der Waals surface area contributed by atoms with Crippen LogP contribution in [0.3, 0.4) is 0 Å². The predicted molar refractivity (Wildman–Crippen MR) is 150 cm³/mol. The summed E-state index contributed by atoms with van der Waals surface area (Å²) in [7, 11) is 0. The number of hydrogen-bond donors (Lipinski definition) is 0. The molecule has 204 valence electrons. The lowest BCUT2D eigenvalue weighted by atomic mass is 9.78. The minimum atomic E-state index is 0.257. The van der Waals surface area contributed by atoms with Crippen LogP contribution in [0.1, 0.15) is 78.8 Å². The zero-order valence-corrected chi connectivity index (χ0v) is 22.8. The molecule has 4 heterocycles. The minimum absolute atomic E-state index is 0.257. The van der Waals surface area contributed by atoms with Gasteiger partial charge in [-0.2, -0.15) is 0 Å². The van der Waals surface area contributed by atoms with Crippen molar-refractivity contribution in [2.24, 2.45) is 11.8 Å². The molecule has 1 saturated carbocycles. The number of carbonyl (C=O) groups is 1. The van der Waals surface area contributed by atoms with Crippen molar-refractivity contribution in [2.75, 3.05) is 57.4 Å². The highest BCUT2D eigenvalue weighted by Gasteiger charge is 2.27. The fourth-order valence-electron chi connectivity index (χ4n) is 7.10. The summed E-state index contributed by atoms with van der Waals surface area (Å²) in [4.78, 5) is 22.4. The van der Waals surface area contributed by atoms with Crippen LogP contribution in [0, 0.1) is 11.8 Å². The Morgan fingerprint density at radius 1 is 0.895 bits per heavy atom. The molecule has 6 rings (SSSR count). The van der Waals surface area contributed by atoms with E-state index in [-0.39, 0.29) is 5.78 Å². The lowest BCUT2D eigenvalue weighted by Crippen LogP contribution is -2.36. The third-order valence-corrected chi connectivity index (χ3v) is 9.51. The summed E-state index contributed by atoms with van der Waals surface area (Å²) in [5.74, 6) is 4.39. The van der Waals surface area contributed by atoms with Crippen molar-refractivity contribution in [3.05, 3.63) is 53.2 Å². The van der Waals surface area contributed by atoms with Gasteiger partial charge in [0, 0.05) is 43.3 Å². The Morgan fingerprint density at radius 3 is 2.45 bits per heavy atom. The summed E-state index contributed by atoms with van der Waals surface area (Å²) < 4.78 is 11.2. The normalized spacial score (nSPS) is 24.7. The van der Waals surface area contributed by atoms with Crippen LogP contribution in [0.2, 0.25) is 0 Å². The van der Waals surface area contributed by atoms with Gasteiger partial charge < -0.3 is 19.3 Å². The number of morpholine rings is 1. The summed E-state index contributed by atoms with van der Waals surface area (Å²) in [5, 5.41) is 0. The van der Waals surface area contributed by atoms with Crippen LogP contribution in [0.25, 0.3) is 0 Å². The van der Waals surface area contributed by atoms with Crippen molar-refractivity contribution >= 4 is 11.6 Å². The highest BCUT2D eigenvalue weighted by atomic mass is 16.5. The molecule has 0 radical (unpaired) electrons. The second kappa shape index (κ2) is 12.2. The molecule has 1 aliphatic carbocycles. The number of Topliss-reactive ketones (excluding diaryl/α,β-unsaturated/α-hetero) is 1. The molecule has 38 heavy (non-hydrogen) atoms. The molecular formula is C32H43N3O3. The second-order valence-corrected chi connectivity index (χ2v) is 11.8. The minimum Gasteiger partial charge on any atom is -0.493 e. The number of pyridine rings is 1. The van der Waals surface area contributed by atoms with Gasteiger partial charge in [-0.05, 0) is 93.3 Å². The number of ketones is 1. The van der Waals surface area contributed by atoms with Crippen LogP contribution in [-0.2, 0) is 11.2 Å².